The summed E-state index contributed by atoms with van der Waals surface area (Å²) < 4.78 is 56.0. The van der Waals surface area contributed by atoms with Gasteiger partial charge in [-0.3, -0.25) is 5.10 Å². The first-order valence-corrected chi connectivity index (χ1v) is 5.79. The number of halogens is 5. The molecular weight excluding hydrogens is 332 g/mol. The van der Waals surface area contributed by atoms with Gasteiger partial charge in [-0.15, -0.1) is 0 Å². The number of ether oxygens (including phenoxy) is 1. The first kappa shape index (κ1) is 13.9. The van der Waals surface area contributed by atoms with Gasteiger partial charge in [0.1, 0.15) is 17.3 Å². The number of aromatic nitrogens is 2. The molecule has 2 rings (SSSR count). The van der Waals surface area contributed by atoms with Crippen molar-refractivity contribution in [3.05, 3.63) is 34.2 Å². The van der Waals surface area contributed by atoms with Crippen LogP contribution in [0, 0.1) is 5.82 Å². The third-order valence-corrected chi connectivity index (χ3v) is 3.19. The number of nitrogens with zero attached hydrogens (tertiary/aromatic N) is 1. The van der Waals surface area contributed by atoms with Gasteiger partial charge in [0.25, 0.3) is 0 Å². The Hall–Kier alpha value is -1.57. The van der Waals surface area contributed by atoms with Crippen molar-refractivity contribution in [3.63, 3.8) is 0 Å². The van der Waals surface area contributed by atoms with E-state index in [2.05, 4.69) is 21.0 Å². The lowest BCUT2D eigenvalue weighted by molar-refractivity contribution is -0.141. The van der Waals surface area contributed by atoms with Gasteiger partial charge in [0.05, 0.1) is 11.6 Å². The maximum Gasteiger partial charge on any atom is 0.433 e. The fourth-order valence-electron chi connectivity index (χ4n) is 1.51. The summed E-state index contributed by atoms with van der Waals surface area (Å²) in [6.07, 6.45) is -4.59. The van der Waals surface area contributed by atoms with Crippen LogP contribution in [0.3, 0.4) is 0 Å². The standard InChI is InChI=1S/C11H7BrF4N2O/c1-19-5-2-3-6(7(13)4-5)9-8(12)10(18-17-9)11(14,15)16/h2-4H,1H3,(H,17,18). The summed E-state index contributed by atoms with van der Waals surface area (Å²) in [6.45, 7) is 0. The molecule has 0 fully saturated rings. The Balaban J connectivity index is 2.52. The summed E-state index contributed by atoms with van der Waals surface area (Å²) in [6, 6.07) is 3.81. The lowest BCUT2D eigenvalue weighted by atomic mass is 10.1. The van der Waals surface area contributed by atoms with E-state index >= 15 is 0 Å². The SMILES string of the molecule is COc1ccc(-c2n[nH]c(C(F)(F)F)c2Br)c(F)c1. The van der Waals surface area contributed by atoms with E-state index in [1.165, 1.54) is 19.2 Å². The van der Waals surface area contributed by atoms with Crippen LogP contribution in [0.1, 0.15) is 5.69 Å². The zero-order valence-corrected chi connectivity index (χ0v) is 11.1. The molecule has 19 heavy (non-hydrogen) atoms. The predicted molar refractivity (Wildman–Crippen MR) is 63.2 cm³/mol. The van der Waals surface area contributed by atoms with Gasteiger partial charge in [-0.05, 0) is 28.1 Å². The molecule has 0 unspecified atom stereocenters. The molecule has 8 heteroatoms. The minimum absolute atomic E-state index is 0.0561. The van der Waals surface area contributed by atoms with Gasteiger partial charge in [0.2, 0.25) is 0 Å². The number of benzene rings is 1. The number of H-pyrrole nitrogens is 1. The number of alkyl halides is 3. The predicted octanol–water partition coefficient (Wildman–Crippen LogP) is 4.01. The number of methoxy groups -OCH3 is 1. The fourth-order valence-corrected chi connectivity index (χ4v) is 2.13. The van der Waals surface area contributed by atoms with Crippen molar-refractivity contribution in [3.8, 4) is 17.0 Å². The third-order valence-electron chi connectivity index (χ3n) is 2.42. The molecule has 102 valence electrons. The van der Waals surface area contributed by atoms with Crippen molar-refractivity contribution in [2.75, 3.05) is 7.11 Å². The molecule has 0 saturated carbocycles. The molecule has 0 saturated heterocycles. The van der Waals surface area contributed by atoms with Gasteiger partial charge in [0.15, 0.2) is 5.69 Å². The molecule has 1 aromatic heterocycles. The molecular formula is C11H7BrF4N2O. The second-order valence-corrected chi connectivity index (χ2v) is 4.40. The van der Waals surface area contributed by atoms with E-state index in [0.717, 1.165) is 6.07 Å². The normalized spacial score (nSPS) is 11.7. The monoisotopic (exact) mass is 338 g/mol. The summed E-state index contributed by atoms with van der Waals surface area (Å²) in [4.78, 5) is 0. The molecule has 3 nitrogen and oxygen atoms in total. The molecule has 0 radical (unpaired) electrons. The minimum atomic E-state index is -4.59. The zero-order valence-electron chi connectivity index (χ0n) is 9.48. The number of hydrogen-bond donors (Lipinski definition) is 1. The summed E-state index contributed by atoms with van der Waals surface area (Å²) in [5, 5.41) is 5.34. The van der Waals surface area contributed by atoms with Gasteiger partial charge >= 0.3 is 6.18 Å². The van der Waals surface area contributed by atoms with E-state index in [1.807, 2.05) is 5.10 Å². The smallest absolute Gasteiger partial charge is 0.433 e. The second kappa shape index (κ2) is 4.84. The Morgan fingerprint density at radius 2 is 2.00 bits per heavy atom. The van der Waals surface area contributed by atoms with Crippen LogP contribution < -0.4 is 4.74 Å². The molecule has 0 spiro atoms. The number of nitrogens with one attached hydrogen (secondary N) is 1. The molecule has 1 aromatic carbocycles. The van der Waals surface area contributed by atoms with Crippen LogP contribution in [0.4, 0.5) is 17.6 Å². The Morgan fingerprint density at radius 3 is 2.47 bits per heavy atom. The zero-order chi connectivity index (χ0) is 14.2. The Morgan fingerprint density at radius 1 is 1.32 bits per heavy atom. The molecule has 0 aliphatic carbocycles. The molecule has 0 amide bonds. The largest absolute Gasteiger partial charge is 0.497 e. The van der Waals surface area contributed by atoms with E-state index in [1.54, 1.807) is 0 Å². The molecule has 0 aliphatic heterocycles. The second-order valence-electron chi connectivity index (χ2n) is 3.60. The topological polar surface area (TPSA) is 37.9 Å². The lowest BCUT2D eigenvalue weighted by Gasteiger charge is -2.05. The first-order valence-electron chi connectivity index (χ1n) is 4.99. The van der Waals surface area contributed by atoms with E-state index in [9.17, 15) is 17.6 Å². The molecule has 0 aliphatic rings. The maximum absolute atomic E-state index is 13.8. The first-order chi connectivity index (χ1) is 8.84. The molecule has 2 aromatic rings. The summed E-state index contributed by atoms with van der Waals surface area (Å²) in [5.41, 5.74) is -1.26. The summed E-state index contributed by atoms with van der Waals surface area (Å²) in [7, 11) is 1.36. The van der Waals surface area contributed by atoms with Gasteiger partial charge in [-0.1, -0.05) is 0 Å². The summed E-state index contributed by atoms with van der Waals surface area (Å²) in [5.74, 6) is -0.454. The van der Waals surface area contributed by atoms with Crippen molar-refractivity contribution in [1.82, 2.24) is 10.2 Å². The highest BCUT2D eigenvalue weighted by atomic mass is 79.9. The van der Waals surface area contributed by atoms with Gasteiger partial charge < -0.3 is 4.74 Å². The van der Waals surface area contributed by atoms with Crippen LogP contribution in [0.5, 0.6) is 5.75 Å². The van der Waals surface area contributed by atoms with Crippen molar-refractivity contribution in [1.29, 1.82) is 0 Å². The van der Waals surface area contributed by atoms with E-state index < -0.39 is 17.7 Å². The van der Waals surface area contributed by atoms with Crippen LogP contribution in [-0.2, 0) is 6.18 Å². The summed E-state index contributed by atoms with van der Waals surface area (Å²) >= 11 is 2.78. The van der Waals surface area contributed by atoms with E-state index in [-0.39, 0.29) is 21.5 Å². The van der Waals surface area contributed by atoms with Gasteiger partial charge in [-0.25, -0.2) is 4.39 Å². The van der Waals surface area contributed by atoms with Crippen LogP contribution in [-0.4, -0.2) is 17.3 Å². The lowest BCUT2D eigenvalue weighted by Crippen LogP contribution is -2.06. The van der Waals surface area contributed by atoms with Crippen LogP contribution in [0.2, 0.25) is 0 Å². The number of hydrogen-bond acceptors (Lipinski definition) is 2. The van der Waals surface area contributed by atoms with E-state index in [4.69, 9.17) is 4.74 Å². The minimum Gasteiger partial charge on any atom is -0.497 e. The molecule has 1 N–H and O–H groups in total. The number of rotatable bonds is 2. The quantitative estimate of drug-likeness (QED) is 0.840. The third kappa shape index (κ3) is 2.58. The highest BCUT2D eigenvalue weighted by Crippen LogP contribution is 2.39. The highest BCUT2D eigenvalue weighted by molar-refractivity contribution is 9.10. The Labute approximate surface area is 113 Å². The van der Waals surface area contributed by atoms with Crippen molar-refractivity contribution in [2.24, 2.45) is 0 Å². The Bertz CT molecular complexity index is 609. The van der Waals surface area contributed by atoms with Gasteiger partial charge in [0, 0.05) is 11.6 Å². The average Bonchev–Trinajstić information content (AvgIpc) is 2.70. The Kier molecular flexibility index (Phi) is 3.53. The van der Waals surface area contributed by atoms with Crippen molar-refractivity contribution in [2.45, 2.75) is 6.18 Å². The van der Waals surface area contributed by atoms with Crippen molar-refractivity contribution >= 4 is 15.9 Å². The van der Waals surface area contributed by atoms with Crippen LogP contribution >= 0.6 is 15.9 Å². The molecule has 1 heterocycles. The van der Waals surface area contributed by atoms with E-state index in [0.29, 0.717) is 0 Å². The molecule has 0 atom stereocenters. The molecule has 0 bridgehead atoms. The fraction of sp³-hybridized carbons (Fsp3) is 0.182. The average molecular weight is 339 g/mol. The number of aromatic amines is 1. The van der Waals surface area contributed by atoms with Gasteiger partial charge in [-0.2, -0.15) is 18.3 Å². The van der Waals surface area contributed by atoms with Crippen LogP contribution in [0.25, 0.3) is 11.3 Å². The van der Waals surface area contributed by atoms with Crippen LogP contribution in [0.15, 0.2) is 22.7 Å². The maximum atomic E-state index is 13.8. The van der Waals surface area contributed by atoms with Crippen molar-refractivity contribution < 1.29 is 22.3 Å². The highest BCUT2D eigenvalue weighted by Gasteiger charge is 2.37.